The highest BCUT2D eigenvalue weighted by atomic mass is 16.5. The van der Waals surface area contributed by atoms with Crippen LogP contribution in [0.5, 0.6) is 0 Å². The zero-order valence-electron chi connectivity index (χ0n) is 21.2. The van der Waals surface area contributed by atoms with Gasteiger partial charge in [-0.1, -0.05) is 48.5 Å². The first kappa shape index (κ1) is 26.2. The van der Waals surface area contributed by atoms with Gasteiger partial charge in [-0.3, -0.25) is 9.59 Å². The van der Waals surface area contributed by atoms with Crippen LogP contribution in [0.1, 0.15) is 44.7 Å². The van der Waals surface area contributed by atoms with Gasteiger partial charge in [-0.05, 0) is 64.0 Å². The molecular weight excluding hydrogens is 446 g/mol. The van der Waals surface area contributed by atoms with Gasteiger partial charge in [0, 0.05) is 12.5 Å². The average Bonchev–Trinajstić information content (AvgIpc) is 3.10. The Morgan fingerprint density at radius 1 is 0.971 bits per heavy atom. The number of rotatable bonds is 9. The van der Waals surface area contributed by atoms with E-state index in [0.29, 0.717) is 0 Å². The van der Waals surface area contributed by atoms with Gasteiger partial charge in [-0.15, -0.1) is 0 Å². The summed E-state index contributed by atoms with van der Waals surface area (Å²) in [5.41, 5.74) is 2.16. The number of ether oxygens (including phenoxy) is 1. The molecule has 3 rings (SSSR count). The molecule has 0 heterocycles. The van der Waals surface area contributed by atoms with Crippen LogP contribution < -0.4 is 10.6 Å². The van der Waals surface area contributed by atoms with Gasteiger partial charge in [0.1, 0.15) is 12.6 Å². The minimum absolute atomic E-state index is 0.0930. The molecule has 0 saturated heterocycles. The molecule has 8 nitrogen and oxygen atoms in total. The first-order valence-corrected chi connectivity index (χ1v) is 11.7. The predicted octanol–water partition coefficient (Wildman–Crippen LogP) is 3.46. The van der Waals surface area contributed by atoms with E-state index in [-0.39, 0.29) is 19.1 Å². The van der Waals surface area contributed by atoms with E-state index in [9.17, 15) is 19.5 Å². The predicted molar refractivity (Wildman–Crippen MR) is 134 cm³/mol. The van der Waals surface area contributed by atoms with E-state index in [2.05, 4.69) is 22.8 Å². The van der Waals surface area contributed by atoms with Gasteiger partial charge in [-0.2, -0.15) is 0 Å². The first-order valence-electron chi connectivity index (χ1n) is 11.7. The number of carboxylic acids is 1. The minimum atomic E-state index is -1.23. The van der Waals surface area contributed by atoms with Crippen LogP contribution in [0, 0.1) is 5.41 Å². The van der Waals surface area contributed by atoms with Crippen molar-refractivity contribution in [1.29, 1.82) is 0 Å². The fourth-order valence-electron chi connectivity index (χ4n) is 4.16. The summed E-state index contributed by atoms with van der Waals surface area (Å²) in [5, 5.41) is 15.0. The monoisotopic (exact) mass is 481 g/mol. The lowest BCUT2D eigenvalue weighted by atomic mass is 9.74. The van der Waals surface area contributed by atoms with Gasteiger partial charge >= 0.3 is 12.1 Å². The second-order valence-corrected chi connectivity index (χ2v) is 10.3. The third-order valence-corrected chi connectivity index (χ3v) is 7.03. The van der Waals surface area contributed by atoms with Gasteiger partial charge in [0.05, 0.1) is 11.0 Å². The number of amides is 2. The molecule has 188 valence electrons. The number of hydrogen-bond donors (Lipinski definition) is 3. The van der Waals surface area contributed by atoms with E-state index in [1.54, 1.807) is 46.7 Å². The smallest absolute Gasteiger partial charge is 0.407 e. The van der Waals surface area contributed by atoms with E-state index in [1.807, 2.05) is 36.4 Å². The third kappa shape index (κ3) is 5.48. The van der Waals surface area contributed by atoms with Gasteiger partial charge in [0.15, 0.2) is 0 Å². The quantitative estimate of drug-likeness (QED) is 0.506. The Labute approximate surface area is 206 Å². The highest BCUT2D eigenvalue weighted by Gasteiger charge is 2.45. The molecule has 0 unspecified atom stereocenters. The number of carboxylic acid groups (broad SMARTS) is 1. The summed E-state index contributed by atoms with van der Waals surface area (Å²) in [7, 11) is 3.57. The largest absolute Gasteiger partial charge is 0.481 e. The summed E-state index contributed by atoms with van der Waals surface area (Å²) in [5.74, 6) is -1.60. The molecule has 0 spiro atoms. The van der Waals surface area contributed by atoms with Crippen LogP contribution in [0.3, 0.4) is 0 Å². The number of carbonyl (C=O) groups is 3. The summed E-state index contributed by atoms with van der Waals surface area (Å²) in [6.45, 7) is 6.76. The van der Waals surface area contributed by atoms with E-state index in [0.717, 1.165) is 22.3 Å². The van der Waals surface area contributed by atoms with Crippen LogP contribution in [0.25, 0.3) is 11.1 Å². The number of fused-ring (bicyclic) bond motifs is 3. The van der Waals surface area contributed by atoms with Crippen LogP contribution in [0.4, 0.5) is 4.79 Å². The zero-order valence-corrected chi connectivity index (χ0v) is 21.2. The second kappa shape index (κ2) is 10.1. The maximum Gasteiger partial charge on any atom is 0.407 e. The van der Waals surface area contributed by atoms with Crippen molar-refractivity contribution in [2.75, 3.05) is 27.2 Å². The normalized spacial score (nSPS) is 14.1. The molecular formula is C27H35N3O5. The van der Waals surface area contributed by atoms with Crippen molar-refractivity contribution in [3.05, 3.63) is 59.7 Å². The van der Waals surface area contributed by atoms with Crippen LogP contribution in [-0.4, -0.2) is 66.8 Å². The molecule has 0 radical (unpaired) electrons. The van der Waals surface area contributed by atoms with Crippen LogP contribution in [-0.2, 0) is 14.3 Å². The highest BCUT2D eigenvalue weighted by Crippen LogP contribution is 2.44. The molecule has 2 amide bonds. The van der Waals surface area contributed by atoms with Gasteiger partial charge in [0.25, 0.3) is 0 Å². The molecule has 2 aromatic rings. The van der Waals surface area contributed by atoms with E-state index >= 15 is 0 Å². The SMILES string of the molecule is CN(C)C[C@H](NC(=O)OCC1c2ccccc2-c2ccccc21)C(=O)NC(C)(C)C(C)(C)C(=O)O. The number of nitrogens with one attached hydrogen (secondary N) is 2. The van der Waals surface area contributed by atoms with E-state index < -0.39 is 35.0 Å². The fraction of sp³-hybridized carbons (Fsp3) is 0.444. The Morgan fingerprint density at radius 2 is 1.49 bits per heavy atom. The average molecular weight is 482 g/mol. The third-order valence-electron chi connectivity index (χ3n) is 7.03. The molecule has 1 atom stereocenters. The van der Waals surface area contributed by atoms with Crippen molar-refractivity contribution in [3.63, 3.8) is 0 Å². The number of nitrogens with zero attached hydrogens (tertiary/aromatic N) is 1. The molecule has 1 aliphatic carbocycles. The van der Waals surface area contributed by atoms with Gasteiger partial charge in [-0.25, -0.2) is 4.79 Å². The Kier molecular flexibility index (Phi) is 7.55. The summed E-state index contributed by atoms with van der Waals surface area (Å²) in [6.07, 6.45) is -0.704. The topological polar surface area (TPSA) is 108 Å². The Hall–Kier alpha value is -3.39. The van der Waals surface area contributed by atoms with Gasteiger partial charge < -0.3 is 25.4 Å². The summed E-state index contributed by atoms with van der Waals surface area (Å²) in [6, 6.07) is 15.2. The first-order chi connectivity index (χ1) is 16.3. The molecule has 0 fully saturated rings. The van der Waals surface area contributed by atoms with Crippen molar-refractivity contribution in [2.24, 2.45) is 5.41 Å². The number of aliphatic carboxylic acids is 1. The second-order valence-electron chi connectivity index (χ2n) is 10.3. The van der Waals surface area contributed by atoms with Crippen LogP contribution in [0.15, 0.2) is 48.5 Å². The number of likely N-dealkylation sites (N-methyl/N-ethyl adjacent to an activating group) is 1. The zero-order chi connectivity index (χ0) is 26.0. The maximum absolute atomic E-state index is 13.1. The lowest BCUT2D eigenvalue weighted by Crippen LogP contribution is -2.62. The van der Waals surface area contributed by atoms with Crippen molar-refractivity contribution in [2.45, 2.75) is 45.2 Å². The van der Waals surface area contributed by atoms with Crippen LogP contribution >= 0.6 is 0 Å². The van der Waals surface area contributed by atoms with Crippen LogP contribution in [0.2, 0.25) is 0 Å². The van der Waals surface area contributed by atoms with Crippen molar-refractivity contribution in [1.82, 2.24) is 15.5 Å². The van der Waals surface area contributed by atoms with Crippen molar-refractivity contribution < 1.29 is 24.2 Å². The highest BCUT2D eigenvalue weighted by molar-refractivity contribution is 5.87. The van der Waals surface area contributed by atoms with Crippen molar-refractivity contribution >= 4 is 18.0 Å². The lowest BCUT2D eigenvalue weighted by molar-refractivity contribution is -0.152. The molecule has 0 bridgehead atoms. The standard InChI is InChI=1S/C27H35N3O5/c1-26(2,24(32)33)27(3,4)29-23(31)22(15-30(5)6)28-25(34)35-16-21-19-13-9-7-11-17(19)18-12-8-10-14-20(18)21/h7-14,21-22H,15-16H2,1-6H3,(H,28,34)(H,29,31)(H,32,33)/t22-/m0/s1. The molecule has 0 aliphatic heterocycles. The Bertz CT molecular complexity index is 1060. The minimum Gasteiger partial charge on any atom is -0.481 e. The molecule has 2 aromatic carbocycles. The molecule has 35 heavy (non-hydrogen) atoms. The Morgan fingerprint density at radius 3 is 1.97 bits per heavy atom. The molecule has 1 aliphatic rings. The number of hydrogen-bond acceptors (Lipinski definition) is 5. The number of carbonyl (C=O) groups excluding carboxylic acids is 2. The fourth-order valence-corrected chi connectivity index (χ4v) is 4.16. The summed E-state index contributed by atoms with van der Waals surface area (Å²) in [4.78, 5) is 39.3. The Balaban J connectivity index is 1.70. The lowest BCUT2D eigenvalue weighted by Gasteiger charge is -2.39. The number of benzene rings is 2. The van der Waals surface area contributed by atoms with Gasteiger partial charge in [0.2, 0.25) is 5.91 Å². The maximum atomic E-state index is 13.1. The van der Waals surface area contributed by atoms with E-state index in [4.69, 9.17) is 4.74 Å². The molecule has 3 N–H and O–H groups in total. The molecule has 0 aromatic heterocycles. The van der Waals surface area contributed by atoms with Crippen molar-refractivity contribution in [3.8, 4) is 11.1 Å². The summed E-state index contributed by atoms with van der Waals surface area (Å²) >= 11 is 0. The molecule has 0 saturated carbocycles. The van der Waals surface area contributed by atoms with E-state index in [1.165, 1.54) is 0 Å². The molecule has 8 heteroatoms. The summed E-state index contributed by atoms with van der Waals surface area (Å²) < 4.78 is 5.59. The number of alkyl carbamates (subject to hydrolysis) is 1.